The van der Waals surface area contributed by atoms with E-state index in [1.807, 2.05) is 0 Å². The predicted molar refractivity (Wildman–Crippen MR) is 233 cm³/mol. The molecule has 11 aliphatic rings. The molecule has 52 heavy (non-hydrogen) atoms. The minimum atomic E-state index is 0.526. The summed E-state index contributed by atoms with van der Waals surface area (Å²) >= 11 is 0. The molecule has 0 aliphatic heterocycles. The van der Waals surface area contributed by atoms with E-state index in [0.29, 0.717) is 27.1 Å². The topological polar surface area (TPSA) is 0 Å². The number of hydrogen-bond acceptors (Lipinski definition) is 0. The van der Waals surface area contributed by atoms with Crippen molar-refractivity contribution in [3.05, 3.63) is 0 Å². The molecule has 0 amide bonds. The fraction of sp³-hybridized carbons (Fsp3) is 1.00. The highest BCUT2D eigenvalue weighted by Crippen LogP contribution is 2.61. The second-order valence-electron chi connectivity index (χ2n) is 24.9. The van der Waals surface area contributed by atoms with Crippen LogP contribution in [-0.4, -0.2) is 0 Å². The fourth-order valence-corrected chi connectivity index (χ4v) is 13.9. The smallest absolute Gasteiger partial charge is 0.0298 e. The molecule has 11 saturated carbocycles. The third-order valence-electron chi connectivity index (χ3n) is 20.1. The Hall–Kier alpha value is 0. The summed E-state index contributed by atoms with van der Waals surface area (Å²) in [5.41, 5.74) is 3.53. The van der Waals surface area contributed by atoms with Crippen molar-refractivity contribution in [1.82, 2.24) is 0 Å². The van der Waals surface area contributed by atoms with E-state index in [-0.39, 0.29) is 0 Å². The van der Waals surface area contributed by atoms with Gasteiger partial charge in [0, 0.05) is 0 Å². The van der Waals surface area contributed by atoms with Crippen LogP contribution >= 0.6 is 0 Å². The Bertz CT molecular complexity index is 1010. The summed E-state index contributed by atoms with van der Waals surface area (Å²) in [5, 5.41) is 0. The lowest BCUT2D eigenvalue weighted by Crippen LogP contribution is -2.38. The monoisotopic (exact) mass is 723 g/mol. The van der Waals surface area contributed by atoms with Gasteiger partial charge in [-0.25, -0.2) is 0 Å². The summed E-state index contributed by atoms with van der Waals surface area (Å²) in [4.78, 5) is 0. The fourth-order valence-electron chi connectivity index (χ4n) is 13.9. The molecular weight excluding hydrogens is 625 g/mol. The molecule has 11 rings (SSSR count). The zero-order valence-corrected chi connectivity index (χ0v) is 38.9. The predicted octanol–water partition coefficient (Wildman–Crippen LogP) is 17.2. The summed E-state index contributed by atoms with van der Waals surface area (Å²) in [5.74, 6) is 10.7. The summed E-state index contributed by atoms with van der Waals surface area (Å²) in [6, 6.07) is 0. The molecule has 0 aromatic rings. The highest BCUT2D eigenvalue weighted by Gasteiger charge is 2.51. The lowest BCUT2D eigenvalue weighted by atomic mass is 9.57. The van der Waals surface area contributed by atoms with Crippen LogP contribution in [0.5, 0.6) is 0 Å². The van der Waals surface area contributed by atoms with E-state index in [0.717, 1.165) is 64.6 Å². The zero-order valence-electron chi connectivity index (χ0n) is 38.9. The van der Waals surface area contributed by atoms with Gasteiger partial charge in [-0.3, -0.25) is 0 Å². The molecule has 306 valence electrons. The van der Waals surface area contributed by atoms with Crippen molar-refractivity contribution in [1.29, 1.82) is 0 Å². The van der Waals surface area contributed by atoms with Crippen LogP contribution < -0.4 is 0 Å². The second kappa shape index (κ2) is 17.2. The average molecular weight is 723 g/mol. The van der Waals surface area contributed by atoms with Gasteiger partial charge in [0.25, 0.3) is 0 Å². The molecule has 11 fully saturated rings. The maximum Gasteiger partial charge on any atom is -0.0298 e. The molecule has 0 aromatic heterocycles. The normalized spacial score (nSPS) is 42.3. The Balaban J connectivity index is 0.000000146. The van der Waals surface area contributed by atoms with Crippen LogP contribution in [0, 0.1) is 91.7 Å². The Kier molecular flexibility index (Phi) is 14.8. The third kappa shape index (κ3) is 10.5. The van der Waals surface area contributed by atoms with E-state index >= 15 is 0 Å². The standard InChI is InChI=1S/C12H24.C11H22.2C10H18.C9H16/c1-7-12(6)8-10(2,3)11(4,5)9-12;1-6-9-7-10(2,3)11(4,5)8-9;1-8-7-9-3-5-10(8,2)6-4-9;1-7-8(2)10-5-3-9(7)4-6-10;1-7-6-8-2-4-9(7)5-3-8/h7-9H2,1-6H3;9H,6-8H2,1-5H3;8-9H,3-7H2,1-2H3;7-10H,3-6H2,1-2H3;7-9H,2-6H2,1H3/t;;8-,9?,10?;7-,8?,9?,10?;7-,8?,9?/m..000/s1. The summed E-state index contributed by atoms with van der Waals surface area (Å²) in [7, 11) is 0. The molecule has 6 bridgehead atoms. The van der Waals surface area contributed by atoms with E-state index in [2.05, 4.69) is 111 Å². The lowest BCUT2D eigenvalue weighted by molar-refractivity contribution is 0.0209. The van der Waals surface area contributed by atoms with Crippen LogP contribution in [0.2, 0.25) is 0 Å². The van der Waals surface area contributed by atoms with Crippen molar-refractivity contribution in [3.63, 3.8) is 0 Å². The van der Waals surface area contributed by atoms with E-state index in [1.54, 1.807) is 32.1 Å². The van der Waals surface area contributed by atoms with Gasteiger partial charge in [0.15, 0.2) is 0 Å². The van der Waals surface area contributed by atoms with Gasteiger partial charge in [0.2, 0.25) is 0 Å². The Morgan fingerprint density at radius 3 is 1.08 bits per heavy atom. The van der Waals surface area contributed by atoms with Gasteiger partial charge in [0.1, 0.15) is 0 Å². The van der Waals surface area contributed by atoms with Crippen LogP contribution in [0.25, 0.3) is 0 Å². The maximum atomic E-state index is 2.49. The quantitative estimate of drug-likeness (QED) is 0.266. The third-order valence-corrected chi connectivity index (χ3v) is 20.1. The number of hydrogen-bond donors (Lipinski definition) is 0. The largest absolute Gasteiger partial charge is 0.0651 e. The molecule has 0 heteroatoms. The molecule has 1 unspecified atom stereocenters. The van der Waals surface area contributed by atoms with Crippen molar-refractivity contribution in [2.45, 2.75) is 239 Å². The Morgan fingerprint density at radius 1 is 0.462 bits per heavy atom. The molecule has 0 aromatic carbocycles. The van der Waals surface area contributed by atoms with Gasteiger partial charge in [0.05, 0.1) is 0 Å². The van der Waals surface area contributed by atoms with E-state index in [1.165, 1.54) is 96.3 Å². The van der Waals surface area contributed by atoms with Crippen LogP contribution in [0.1, 0.15) is 239 Å². The first-order chi connectivity index (χ1) is 24.0. The van der Waals surface area contributed by atoms with Gasteiger partial charge < -0.3 is 0 Å². The van der Waals surface area contributed by atoms with Crippen molar-refractivity contribution in [3.8, 4) is 0 Å². The van der Waals surface area contributed by atoms with Crippen molar-refractivity contribution >= 4 is 0 Å². The summed E-state index contributed by atoms with van der Waals surface area (Å²) in [6.07, 6.45) is 29.8. The second-order valence-corrected chi connectivity index (χ2v) is 24.9. The van der Waals surface area contributed by atoms with Crippen molar-refractivity contribution < 1.29 is 0 Å². The first-order valence-corrected chi connectivity index (χ1v) is 24.0. The van der Waals surface area contributed by atoms with E-state index in [9.17, 15) is 0 Å². The van der Waals surface area contributed by atoms with Gasteiger partial charge in [-0.2, -0.15) is 0 Å². The number of rotatable bonds is 2. The molecule has 4 atom stereocenters. The zero-order chi connectivity index (χ0) is 38.9. The molecule has 0 saturated heterocycles. The van der Waals surface area contributed by atoms with E-state index in [4.69, 9.17) is 0 Å². The average Bonchev–Trinajstić information content (AvgIpc) is 3.41. The first-order valence-electron chi connectivity index (χ1n) is 24.0. The maximum absolute atomic E-state index is 2.49. The Labute approximate surface area is 329 Å². The molecule has 0 spiro atoms. The summed E-state index contributed by atoms with van der Waals surface area (Å²) < 4.78 is 0. The van der Waals surface area contributed by atoms with Crippen LogP contribution in [0.15, 0.2) is 0 Å². The number of fused-ring (bicyclic) bond motifs is 9. The van der Waals surface area contributed by atoms with Gasteiger partial charge in [-0.05, 0) is 194 Å². The molecule has 0 N–H and O–H groups in total. The SMILES string of the molecule is CC1C2CCC(CC2)[C@H]1C.CCC1(C)CC(C)(C)C(C)(C)C1.CCC1CC(C)(C)C(C)(C)C1.C[C@H]1CC2CCC1(C)CC2.C[C@H]1CC2CCC1CC2. The van der Waals surface area contributed by atoms with Crippen LogP contribution in [-0.2, 0) is 0 Å². The Morgan fingerprint density at radius 2 is 0.865 bits per heavy atom. The van der Waals surface area contributed by atoms with Gasteiger partial charge >= 0.3 is 0 Å². The molecule has 0 nitrogen and oxygen atoms in total. The highest BCUT2D eigenvalue weighted by atomic mass is 14.6. The molecule has 0 radical (unpaired) electrons. The minimum Gasteiger partial charge on any atom is -0.0651 e. The van der Waals surface area contributed by atoms with Gasteiger partial charge in [-0.1, -0.05) is 136 Å². The minimum absolute atomic E-state index is 0.526. The van der Waals surface area contributed by atoms with Crippen molar-refractivity contribution in [2.75, 3.05) is 0 Å². The molecule has 0 heterocycles. The van der Waals surface area contributed by atoms with E-state index < -0.39 is 0 Å². The van der Waals surface area contributed by atoms with Crippen LogP contribution in [0.4, 0.5) is 0 Å². The molecule has 11 aliphatic carbocycles. The van der Waals surface area contributed by atoms with Gasteiger partial charge in [-0.15, -0.1) is 0 Å². The van der Waals surface area contributed by atoms with Crippen LogP contribution in [0.3, 0.4) is 0 Å². The first kappa shape index (κ1) is 44.7. The highest BCUT2D eigenvalue weighted by molar-refractivity contribution is 5.01. The molecular formula is C52H98. The van der Waals surface area contributed by atoms with Crippen molar-refractivity contribution in [2.24, 2.45) is 91.7 Å². The summed E-state index contributed by atoms with van der Waals surface area (Å²) in [6.45, 7) is 38.8. The lowest BCUT2D eigenvalue weighted by Gasteiger charge is -2.49.